The molecule has 0 amide bonds. The highest BCUT2D eigenvalue weighted by Crippen LogP contribution is 1.61. The maximum absolute atomic E-state index is 4.41. The van der Waals surface area contributed by atoms with Crippen LogP contribution in [0.25, 0.3) is 0 Å². The lowest BCUT2D eigenvalue weighted by atomic mass is 11.0. The number of hydrogen-bond acceptors (Lipinski definition) is 1. The molecule has 0 saturated carbocycles. The van der Waals surface area contributed by atoms with Gasteiger partial charge in [-0.05, 0) is 0 Å². The van der Waals surface area contributed by atoms with Gasteiger partial charge in [0.2, 0.25) is 0 Å². The van der Waals surface area contributed by atoms with Gasteiger partial charge >= 0.3 is 0 Å². The van der Waals surface area contributed by atoms with E-state index in [-0.39, 0.29) is 0 Å². The minimum atomic E-state index is 1.47. The summed E-state index contributed by atoms with van der Waals surface area (Å²) in [5.41, 5.74) is 1.47. The predicted octanol–water partition coefficient (Wildman–Crippen LogP) is 0.667. The normalized spacial score (nSPS) is 6.80. The molecule has 1 radical (unpaired) electrons. The Morgan fingerprint density at radius 2 is 2.20 bits per heavy atom. The topological polar surface area (TPSA) is 3.24 Å². The fourth-order valence-electron chi connectivity index (χ4n) is 0. The van der Waals surface area contributed by atoms with Crippen LogP contribution in [0, 0.1) is 7.05 Å². The van der Waals surface area contributed by atoms with Crippen LogP contribution in [0.4, 0.5) is 0 Å². The molecule has 0 aliphatic heterocycles. The molecule has 0 aliphatic rings. The van der Waals surface area contributed by atoms with E-state index in [0.29, 0.717) is 0 Å². The molecule has 0 bridgehead atoms. The smallest absolute Gasteiger partial charge is 0.0638 e. The van der Waals surface area contributed by atoms with Crippen molar-refractivity contribution in [2.45, 2.75) is 0 Å². The first-order chi connectivity index (χ1) is 2.27. The summed E-state index contributed by atoms with van der Waals surface area (Å²) < 4.78 is 0. The SMILES string of the molecule is [CH2]N(C)C=S. The Kier molecular flexibility index (Phi) is 2.10. The minimum absolute atomic E-state index is 1.47. The molecule has 0 N–H and O–H groups in total. The van der Waals surface area contributed by atoms with Crippen molar-refractivity contribution in [1.82, 2.24) is 4.90 Å². The van der Waals surface area contributed by atoms with Gasteiger partial charge in [0.25, 0.3) is 0 Å². The van der Waals surface area contributed by atoms with E-state index in [4.69, 9.17) is 0 Å². The van der Waals surface area contributed by atoms with E-state index in [9.17, 15) is 0 Å². The first-order valence-electron chi connectivity index (χ1n) is 1.26. The monoisotopic (exact) mass is 88.0 g/mol. The lowest BCUT2D eigenvalue weighted by molar-refractivity contribution is 0.716. The summed E-state index contributed by atoms with van der Waals surface area (Å²) in [7, 11) is 5.22. The van der Waals surface area contributed by atoms with E-state index in [1.54, 1.807) is 11.9 Å². The molecule has 0 aromatic heterocycles. The summed E-state index contributed by atoms with van der Waals surface area (Å²) in [6.07, 6.45) is 0. The molecule has 0 spiro atoms. The molecule has 29 valence electrons. The maximum Gasteiger partial charge on any atom is 0.0638 e. The standard InChI is InChI=1S/C3H6NS/c1-4(2)3-5/h3H,1H2,2H3. The van der Waals surface area contributed by atoms with Crippen LogP contribution in [0.5, 0.6) is 0 Å². The van der Waals surface area contributed by atoms with Crippen molar-refractivity contribution < 1.29 is 0 Å². The van der Waals surface area contributed by atoms with Gasteiger partial charge in [0.1, 0.15) is 0 Å². The lowest BCUT2D eigenvalue weighted by Gasteiger charge is -1.95. The van der Waals surface area contributed by atoms with Gasteiger partial charge < -0.3 is 4.90 Å². The average molecular weight is 88.2 g/mol. The van der Waals surface area contributed by atoms with Crippen LogP contribution in [-0.2, 0) is 0 Å². The number of thiocarbonyl (C=S) groups is 1. The third-order valence-corrected chi connectivity index (χ3v) is 0.540. The molecule has 0 heterocycles. The summed E-state index contributed by atoms with van der Waals surface area (Å²) >= 11 is 4.41. The Morgan fingerprint density at radius 1 is 2.00 bits per heavy atom. The Labute approximate surface area is 37.6 Å². The largest absolute Gasteiger partial charge is 0.370 e. The van der Waals surface area contributed by atoms with Gasteiger partial charge in [-0.1, -0.05) is 12.2 Å². The lowest BCUT2D eigenvalue weighted by Crippen LogP contribution is -2.00. The molecule has 0 fully saturated rings. The van der Waals surface area contributed by atoms with Crippen LogP contribution in [0.1, 0.15) is 0 Å². The molecule has 0 unspecified atom stereocenters. The van der Waals surface area contributed by atoms with Crippen molar-refractivity contribution in [2.75, 3.05) is 7.05 Å². The van der Waals surface area contributed by atoms with Gasteiger partial charge in [-0.3, -0.25) is 0 Å². The van der Waals surface area contributed by atoms with Crippen LogP contribution in [0.3, 0.4) is 0 Å². The molecule has 0 aliphatic carbocycles. The van der Waals surface area contributed by atoms with Crippen LogP contribution in [-0.4, -0.2) is 17.4 Å². The first kappa shape index (κ1) is 4.89. The van der Waals surface area contributed by atoms with E-state index in [1.807, 2.05) is 0 Å². The molecule has 0 aromatic rings. The van der Waals surface area contributed by atoms with Gasteiger partial charge in [-0.2, -0.15) is 0 Å². The van der Waals surface area contributed by atoms with Crippen molar-refractivity contribution in [1.29, 1.82) is 0 Å². The molecule has 0 rings (SSSR count). The Balaban J connectivity index is 2.83. The minimum Gasteiger partial charge on any atom is -0.370 e. The summed E-state index contributed by atoms with van der Waals surface area (Å²) in [6, 6.07) is 0. The zero-order valence-corrected chi connectivity index (χ0v) is 3.96. The summed E-state index contributed by atoms with van der Waals surface area (Å²) in [6.45, 7) is 0. The molecular weight excluding hydrogens is 82.1 g/mol. The van der Waals surface area contributed by atoms with Crippen LogP contribution in [0.2, 0.25) is 0 Å². The van der Waals surface area contributed by atoms with Crippen LogP contribution >= 0.6 is 12.2 Å². The van der Waals surface area contributed by atoms with Gasteiger partial charge in [0, 0.05) is 14.1 Å². The fourth-order valence-corrected chi connectivity index (χ4v) is 0. The maximum atomic E-state index is 4.41. The molecule has 0 saturated heterocycles. The summed E-state index contributed by atoms with van der Waals surface area (Å²) in [5.74, 6) is 0. The molecular formula is C3H6NS. The van der Waals surface area contributed by atoms with E-state index in [1.165, 1.54) is 5.49 Å². The zero-order valence-electron chi connectivity index (χ0n) is 3.14. The Bertz CT molecular complexity index is 33.9. The average Bonchev–Trinajstić information content (AvgIpc) is 1.38. The second-order valence-electron chi connectivity index (χ2n) is 0.862. The second kappa shape index (κ2) is 2.15. The van der Waals surface area contributed by atoms with Crippen molar-refractivity contribution >= 4 is 17.7 Å². The summed E-state index contributed by atoms with van der Waals surface area (Å²) in [4.78, 5) is 1.56. The third kappa shape index (κ3) is 3.89. The Morgan fingerprint density at radius 3 is 2.20 bits per heavy atom. The van der Waals surface area contributed by atoms with Gasteiger partial charge in [0.15, 0.2) is 0 Å². The van der Waals surface area contributed by atoms with E-state index >= 15 is 0 Å². The number of hydrogen-bond donors (Lipinski definition) is 0. The van der Waals surface area contributed by atoms with Crippen molar-refractivity contribution in [3.05, 3.63) is 7.05 Å². The highest BCUT2D eigenvalue weighted by Gasteiger charge is 1.64. The van der Waals surface area contributed by atoms with Crippen molar-refractivity contribution in [2.24, 2.45) is 0 Å². The van der Waals surface area contributed by atoms with Gasteiger partial charge in [-0.25, -0.2) is 0 Å². The molecule has 0 aromatic carbocycles. The highest BCUT2D eigenvalue weighted by molar-refractivity contribution is 7.78. The zero-order chi connectivity index (χ0) is 4.28. The van der Waals surface area contributed by atoms with Crippen molar-refractivity contribution in [3.8, 4) is 0 Å². The van der Waals surface area contributed by atoms with Gasteiger partial charge in [0.05, 0.1) is 5.49 Å². The van der Waals surface area contributed by atoms with Crippen LogP contribution in [0.15, 0.2) is 0 Å². The summed E-state index contributed by atoms with van der Waals surface area (Å²) in [5, 5.41) is 0. The molecule has 5 heavy (non-hydrogen) atoms. The van der Waals surface area contributed by atoms with E-state index < -0.39 is 0 Å². The van der Waals surface area contributed by atoms with E-state index in [0.717, 1.165) is 0 Å². The Hall–Kier alpha value is -0.110. The highest BCUT2D eigenvalue weighted by atomic mass is 32.1. The van der Waals surface area contributed by atoms with Crippen LogP contribution < -0.4 is 0 Å². The predicted molar refractivity (Wildman–Crippen MR) is 26.8 cm³/mol. The molecule has 0 atom stereocenters. The number of rotatable bonds is 1. The number of nitrogens with zero attached hydrogens (tertiary/aromatic N) is 1. The molecule has 1 nitrogen and oxygen atoms in total. The van der Waals surface area contributed by atoms with E-state index in [2.05, 4.69) is 19.3 Å². The third-order valence-electron chi connectivity index (χ3n) is 0.180. The quantitative estimate of drug-likeness (QED) is 0.433. The first-order valence-corrected chi connectivity index (χ1v) is 1.73. The molecule has 2 heteroatoms. The van der Waals surface area contributed by atoms with Gasteiger partial charge in [-0.15, -0.1) is 0 Å². The second-order valence-corrected chi connectivity index (χ2v) is 1.07. The van der Waals surface area contributed by atoms with Crippen molar-refractivity contribution in [3.63, 3.8) is 0 Å². The fraction of sp³-hybridized carbons (Fsp3) is 0.333.